The van der Waals surface area contributed by atoms with Crippen molar-refractivity contribution in [3.8, 4) is 11.4 Å². The Labute approximate surface area is 202 Å². The van der Waals surface area contributed by atoms with Gasteiger partial charge in [-0.15, -0.1) is 5.10 Å². The number of benzene rings is 2. The van der Waals surface area contributed by atoms with Crippen LogP contribution >= 0.6 is 11.8 Å². The van der Waals surface area contributed by atoms with E-state index in [9.17, 15) is 9.59 Å². The van der Waals surface area contributed by atoms with Crippen molar-refractivity contribution in [2.75, 3.05) is 25.4 Å². The summed E-state index contributed by atoms with van der Waals surface area (Å²) in [5, 5.41) is 15.3. The van der Waals surface area contributed by atoms with E-state index in [-0.39, 0.29) is 17.6 Å². The number of aromatic nitrogens is 4. The Balaban J connectivity index is 1.29. The first-order valence-corrected chi connectivity index (χ1v) is 12.4. The average Bonchev–Trinajstić information content (AvgIpc) is 3.35. The van der Waals surface area contributed by atoms with Crippen molar-refractivity contribution in [1.29, 1.82) is 0 Å². The van der Waals surface area contributed by atoms with Crippen molar-refractivity contribution in [3.05, 3.63) is 59.7 Å². The van der Waals surface area contributed by atoms with Gasteiger partial charge in [0.05, 0.1) is 12.4 Å². The second-order valence-electron chi connectivity index (χ2n) is 7.89. The minimum Gasteiger partial charge on any atom is -0.492 e. The smallest absolute Gasteiger partial charge is 0.253 e. The molecule has 0 bridgehead atoms. The largest absolute Gasteiger partial charge is 0.492 e. The van der Waals surface area contributed by atoms with Gasteiger partial charge in [-0.1, -0.05) is 36.0 Å². The van der Waals surface area contributed by atoms with Crippen molar-refractivity contribution in [2.45, 2.75) is 37.9 Å². The lowest BCUT2D eigenvalue weighted by Gasteiger charge is -2.26. The fraction of sp³-hybridized carbons (Fsp3) is 0.375. The molecule has 2 heterocycles. The third-order valence-electron chi connectivity index (χ3n) is 5.50. The van der Waals surface area contributed by atoms with E-state index in [1.807, 2.05) is 60.4 Å². The predicted molar refractivity (Wildman–Crippen MR) is 129 cm³/mol. The number of tetrazole rings is 1. The zero-order valence-corrected chi connectivity index (χ0v) is 20.0. The summed E-state index contributed by atoms with van der Waals surface area (Å²) < 4.78 is 7.23. The van der Waals surface area contributed by atoms with Crippen LogP contribution in [0.2, 0.25) is 0 Å². The van der Waals surface area contributed by atoms with Crippen molar-refractivity contribution < 1.29 is 14.3 Å². The SMILES string of the molecule is CCOc1ccccc1-n1nnnc1SCC(=O)NCc1ccc(C(=O)N2CCCCC2)cc1. The molecule has 10 heteroatoms. The Morgan fingerprint density at radius 3 is 2.59 bits per heavy atom. The Morgan fingerprint density at radius 2 is 1.82 bits per heavy atom. The molecule has 2 amide bonds. The van der Waals surface area contributed by atoms with Crippen molar-refractivity contribution >= 4 is 23.6 Å². The average molecular weight is 481 g/mol. The van der Waals surface area contributed by atoms with E-state index in [1.54, 1.807) is 4.68 Å². The summed E-state index contributed by atoms with van der Waals surface area (Å²) >= 11 is 1.25. The molecular weight excluding hydrogens is 452 g/mol. The van der Waals surface area contributed by atoms with E-state index in [1.165, 1.54) is 18.2 Å². The number of para-hydroxylation sites is 2. The maximum Gasteiger partial charge on any atom is 0.253 e. The third kappa shape index (κ3) is 5.93. The van der Waals surface area contributed by atoms with E-state index in [0.29, 0.717) is 29.6 Å². The van der Waals surface area contributed by atoms with Crippen LogP contribution in [-0.4, -0.2) is 62.4 Å². The monoisotopic (exact) mass is 480 g/mol. The number of carbonyl (C=O) groups excluding carboxylic acids is 2. The number of likely N-dealkylation sites (tertiary alicyclic amines) is 1. The van der Waals surface area contributed by atoms with Crippen LogP contribution in [0.4, 0.5) is 0 Å². The Kier molecular flexibility index (Phi) is 8.13. The van der Waals surface area contributed by atoms with Gasteiger partial charge in [-0.3, -0.25) is 9.59 Å². The Hall–Kier alpha value is -3.40. The quantitative estimate of drug-likeness (QED) is 0.470. The van der Waals surface area contributed by atoms with E-state index in [2.05, 4.69) is 20.8 Å². The van der Waals surface area contributed by atoms with Gasteiger partial charge in [0.25, 0.3) is 5.91 Å². The molecule has 0 radical (unpaired) electrons. The standard InChI is InChI=1S/C24H28N6O3S/c1-2-33-21-9-5-4-8-20(21)30-24(26-27-28-30)34-17-22(31)25-16-18-10-12-19(13-11-18)23(32)29-14-6-3-7-15-29/h4-5,8-13H,2-3,6-7,14-17H2,1H3,(H,25,31). The van der Waals surface area contributed by atoms with Crippen molar-refractivity contribution in [1.82, 2.24) is 30.4 Å². The first kappa shape index (κ1) is 23.7. The lowest BCUT2D eigenvalue weighted by Crippen LogP contribution is -2.35. The van der Waals surface area contributed by atoms with Gasteiger partial charge in [-0.05, 0) is 66.4 Å². The highest BCUT2D eigenvalue weighted by atomic mass is 32.2. The van der Waals surface area contributed by atoms with E-state index < -0.39 is 0 Å². The van der Waals surface area contributed by atoms with Gasteiger partial charge in [0.1, 0.15) is 11.4 Å². The highest BCUT2D eigenvalue weighted by Crippen LogP contribution is 2.25. The number of thioether (sulfide) groups is 1. The first-order chi connectivity index (χ1) is 16.7. The normalized spacial score (nSPS) is 13.5. The van der Waals surface area contributed by atoms with Crippen molar-refractivity contribution in [3.63, 3.8) is 0 Å². The van der Waals surface area contributed by atoms with Crippen LogP contribution in [0, 0.1) is 0 Å². The zero-order chi connectivity index (χ0) is 23.8. The highest BCUT2D eigenvalue weighted by molar-refractivity contribution is 7.99. The van der Waals surface area contributed by atoms with Gasteiger partial charge in [0.15, 0.2) is 0 Å². The van der Waals surface area contributed by atoms with Gasteiger partial charge >= 0.3 is 0 Å². The molecule has 34 heavy (non-hydrogen) atoms. The van der Waals surface area contributed by atoms with E-state index >= 15 is 0 Å². The second kappa shape index (κ2) is 11.6. The van der Waals surface area contributed by atoms with Crippen LogP contribution in [0.3, 0.4) is 0 Å². The second-order valence-corrected chi connectivity index (χ2v) is 8.83. The van der Waals surface area contributed by atoms with Gasteiger partial charge in [-0.2, -0.15) is 4.68 Å². The van der Waals surface area contributed by atoms with Gasteiger partial charge in [-0.25, -0.2) is 0 Å². The van der Waals surface area contributed by atoms with Crippen LogP contribution < -0.4 is 10.1 Å². The van der Waals surface area contributed by atoms with Crippen LogP contribution in [-0.2, 0) is 11.3 Å². The molecule has 0 aliphatic carbocycles. The Morgan fingerprint density at radius 1 is 1.06 bits per heavy atom. The predicted octanol–water partition coefficient (Wildman–Crippen LogP) is 3.10. The molecular formula is C24H28N6O3S. The molecule has 1 aromatic heterocycles. The first-order valence-electron chi connectivity index (χ1n) is 11.4. The van der Waals surface area contributed by atoms with Crippen LogP contribution in [0.1, 0.15) is 42.1 Å². The molecule has 0 atom stereocenters. The number of hydrogen-bond acceptors (Lipinski definition) is 7. The van der Waals surface area contributed by atoms with Gasteiger partial charge in [0.2, 0.25) is 11.1 Å². The van der Waals surface area contributed by atoms with Gasteiger partial charge < -0.3 is 15.0 Å². The molecule has 0 spiro atoms. The zero-order valence-electron chi connectivity index (χ0n) is 19.1. The maximum atomic E-state index is 12.6. The molecule has 9 nitrogen and oxygen atoms in total. The summed E-state index contributed by atoms with van der Waals surface area (Å²) in [6.07, 6.45) is 3.33. The summed E-state index contributed by atoms with van der Waals surface area (Å²) in [7, 11) is 0. The minimum absolute atomic E-state index is 0.0790. The lowest BCUT2D eigenvalue weighted by atomic mass is 10.1. The van der Waals surface area contributed by atoms with Crippen molar-refractivity contribution in [2.24, 2.45) is 0 Å². The topological polar surface area (TPSA) is 102 Å². The molecule has 0 saturated carbocycles. The summed E-state index contributed by atoms with van der Waals surface area (Å²) in [5.74, 6) is 0.787. The fourth-order valence-electron chi connectivity index (χ4n) is 3.76. The molecule has 3 aromatic rings. The number of nitrogens with one attached hydrogen (secondary N) is 1. The van der Waals surface area contributed by atoms with Crippen LogP contribution in [0.25, 0.3) is 5.69 Å². The molecule has 1 fully saturated rings. The summed E-state index contributed by atoms with van der Waals surface area (Å²) in [4.78, 5) is 26.9. The molecule has 178 valence electrons. The lowest BCUT2D eigenvalue weighted by molar-refractivity contribution is -0.118. The summed E-state index contributed by atoms with van der Waals surface area (Å²) in [5.41, 5.74) is 2.34. The third-order valence-corrected chi connectivity index (χ3v) is 6.42. The molecule has 1 aliphatic heterocycles. The van der Waals surface area contributed by atoms with E-state index in [4.69, 9.17) is 4.74 Å². The number of amides is 2. The Bertz CT molecular complexity index is 1110. The minimum atomic E-state index is -0.133. The molecule has 1 N–H and O–H groups in total. The number of hydrogen-bond donors (Lipinski definition) is 1. The van der Waals surface area contributed by atoms with Crippen LogP contribution in [0.5, 0.6) is 5.75 Å². The molecule has 1 saturated heterocycles. The van der Waals surface area contributed by atoms with Crippen LogP contribution in [0.15, 0.2) is 53.7 Å². The fourth-order valence-corrected chi connectivity index (χ4v) is 4.47. The number of nitrogens with zero attached hydrogens (tertiary/aromatic N) is 5. The summed E-state index contributed by atoms with van der Waals surface area (Å²) in [6.45, 7) is 4.48. The molecule has 4 rings (SSSR count). The highest BCUT2D eigenvalue weighted by Gasteiger charge is 2.18. The number of carbonyl (C=O) groups is 2. The van der Waals surface area contributed by atoms with Gasteiger partial charge in [0, 0.05) is 25.2 Å². The number of ether oxygens (including phenoxy) is 1. The number of rotatable bonds is 9. The molecule has 0 unspecified atom stereocenters. The molecule has 1 aliphatic rings. The summed E-state index contributed by atoms with van der Waals surface area (Å²) in [6, 6.07) is 14.9. The maximum absolute atomic E-state index is 12.6. The molecule has 2 aromatic carbocycles. The number of piperidine rings is 1. The van der Waals surface area contributed by atoms with E-state index in [0.717, 1.165) is 37.2 Å².